The van der Waals surface area contributed by atoms with Crippen LogP contribution in [0.15, 0.2) is 60.7 Å². The van der Waals surface area contributed by atoms with Crippen molar-refractivity contribution in [2.75, 3.05) is 7.11 Å². The third kappa shape index (κ3) is 5.19. The van der Waals surface area contributed by atoms with E-state index in [2.05, 4.69) is 11.3 Å². The molecule has 6 nitrogen and oxygen atoms in total. The zero-order chi connectivity index (χ0) is 19.2. The van der Waals surface area contributed by atoms with Crippen LogP contribution >= 0.6 is 0 Å². The van der Waals surface area contributed by atoms with E-state index in [-0.39, 0.29) is 29.1 Å². The molecule has 0 fully saturated rings. The Bertz CT molecular complexity index is 973. The van der Waals surface area contributed by atoms with Crippen molar-refractivity contribution in [3.8, 4) is 11.8 Å². The van der Waals surface area contributed by atoms with Gasteiger partial charge in [0, 0.05) is 12.0 Å². The number of hydrogen-bond acceptors (Lipinski definition) is 6. The van der Waals surface area contributed by atoms with E-state index in [9.17, 15) is 13.2 Å². The molecule has 0 N–H and O–H groups in total. The Kier molecular flexibility index (Phi) is 6.15. The summed E-state index contributed by atoms with van der Waals surface area (Å²) in [7, 11) is -2.68. The Balaban J connectivity index is 2.15. The van der Waals surface area contributed by atoms with Crippen molar-refractivity contribution in [1.82, 2.24) is 0 Å². The molecule has 2 aromatic carbocycles. The number of carbonyl (C=O) groups is 1. The summed E-state index contributed by atoms with van der Waals surface area (Å²) in [5.41, 5.74) is 1.63. The van der Waals surface area contributed by atoms with Crippen molar-refractivity contribution < 1.29 is 22.1 Å². The molecule has 0 amide bonds. The molecule has 0 bridgehead atoms. The fourth-order valence-corrected chi connectivity index (χ4v) is 3.36. The summed E-state index contributed by atoms with van der Waals surface area (Å²) in [5, 5.41) is 9.02. The van der Waals surface area contributed by atoms with Crippen LogP contribution in [0.2, 0.25) is 0 Å². The maximum Gasteiger partial charge on any atom is 0.333 e. The third-order valence-corrected chi connectivity index (χ3v) is 4.57. The van der Waals surface area contributed by atoms with Gasteiger partial charge in [0.2, 0.25) is 0 Å². The van der Waals surface area contributed by atoms with Gasteiger partial charge in [-0.3, -0.25) is 0 Å². The van der Waals surface area contributed by atoms with Crippen molar-refractivity contribution >= 4 is 16.1 Å². The van der Waals surface area contributed by atoms with Crippen LogP contribution in [0.25, 0.3) is 0 Å². The largest absolute Gasteiger partial charge is 0.466 e. The lowest BCUT2D eigenvalue weighted by Gasteiger charge is -2.09. The predicted molar refractivity (Wildman–Crippen MR) is 95.7 cm³/mol. The molecule has 0 spiro atoms. The molecule has 0 aliphatic rings. The van der Waals surface area contributed by atoms with Gasteiger partial charge in [0.25, 0.3) is 0 Å². The van der Waals surface area contributed by atoms with Gasteiger partial charge in [0.05, 0.1) is 12.7 Å². The molecule has 26 heavy (non-hydrogen) atoms. The van der Waals surface area contributed by atoms with Crippen molar-refractivity contribution in [3.63, 3.8) is 0 Å². The molecule has 134 valence electrons. The van der Waals surface area contributed by atoms with Gasteiger partial charge in [-0.05, 0) is 23.3 Å². The molecular formula is C19H17NO5S. The van der Waals surface area contributed by atoms with E-state index < -0.39 is 16.1 Å². The zero-order valence-electron chi connectivity index (χ0n) is 14.1. The van der Waals surface area contributed by atoms with Gasteiger partial charge in [0.15, 0.2) is 5.75 Å². The van der Waals surface area contributed by atoms with Crippen molar-refractivity contribution in [1.29, 1.82) is 5.26 Å². The van der Waals surface area contributed by atoms with Crippen LogP contribution in [0.4, 0.5) is 0 Å². The standard InChI is InChI=1S/C19H17NO5S/c1-14(19(21)24-2)10-15-6-5-7-16(11-15)13-26(22,23)25-18-9-4-3-8-17(18)12-20/h3-9,11H,1,10,13H2,2H3. The summed E-state index contributed by atoms with van der Waals surface area (Å²) in [4.78, 5) is 11.4. The Morgan fingerprint density at radius 2 is 1.85 bits per heavy atom. The minimum absolute atomic E-state index is 0.00905. The fraction of sp³-hybridized carbons (Fsp3) is 0.158. The Hall–Kier alpha value is -3.11. The lowest BCUT2D eigenvalue weighted by Crippen LogP contribution is -2.13. The summed E-state index contributed by atoms with van der Waals surface area (Å²) in [6.45, 7) is 3.65. The summed E-state index contributed by atoms with van der Waals surface area (Å²) in [5.74, 6) is -0.893. The van der Waals surface area contributed by atoms with Crippen LogP contribution in [0.3, 0.4) is 0 Å². The predicted octanol–water partition coefficient (Wildman–Crippen LogP) is 2.74. The summed E-state index contributed by atoms with van der Waals surface area (Å²) in [6, 6.07) is 14.7. The summed E-state index contributed by atoms with van der Waals surface area (Å²) >= 11 is 0. The number of methoxy groups -OCH3 is 1. The van der Waals surface area contributed by atoms with E-state index in [1.807, 2.05) is 6.07 Å². The minimum Gasteiger partial charge on any atom is -0.466 e. The quantitative estimate of drug-likeness (QED) is 0.422. The molecule has 2 aromatic rings. The molecule has 0 heterocycles. The number of benzene rings is 2. The van der Waals surface area contributed by atoms with Gasteiger partial charge in [-0.2, -0.15) is 13.7 Å². The number of rotatable bonds is 7. The molecule has 0 aliphatic carbocycles. The molecule has 0 atom stereocenters. The number of hydrogen-bond donors (Lipinski definition) is 0. The number of para-hydroxylation sites is 1. The Morgan fingerprint density at radius 3 is 2.54 bits per heavy atom. The van der Waals surface area contributed by atoms with Gasteiger partial charge >= 0.3 is 16.1 Å². The second-order valence-corrected chi connectivity index (χ2v) is 7.06. The first kappa shape index (κ1) is 19.2. The number of esters is 1. The second-order valence-electron chi connectivity index (χ2n) is 5.49. The minimum atomic E-state index is -3.95. The highest BCUT2D eigenvalue weighted by atomic mass is 32.2. The highest BCUT2D eigenvalue weighted by Gasteiger charge is 2.17. The van der Waals surface area contributed by atoms with E-state index in [4.69, 9.17) is 9.44 Å². The van der Waals surface area contributed by atoms with Gasteiger partial charge in [-0.25, -0.2) is 4.79 Å². The van der Waals surface area contributed by atoms with Gasteiger partial charge < -0.3 is 8.92 Å². The number of nitrogens with zero attached hydrogens (tertiary/aromatic N) is 1. The zero-order valence-corrected chi connectivity index (χ0v) is 15.0. The first-order valence-electron chi connectivity index (χ1n) is 7.60. The average molecular weight is 371 g/mol. The Labute approximate surface area is 152 Å². The first-order valence-corrected chi connectivity index (χ1v) is 9.17. The second kappa shape index (κ2) is 8.32. The van der Waals surface area contributed by atoms with Crippen LogP contribution in [0, 0.1) is 11.3 Å². The first-order chi connectivity index (χ1) is 12.3. The van der Waals surface area contributed by atoms with Crippen molar-refractivity contribution in [2.45, 2.75) is 12.2 Å². The lowest BCUT2D eigenvalue weighted by molar-refractivity contribution is -0.136. The topological polar surface area (TPSA) is 93.5 Å². The van der Waals surface area contributed by atoms with E-state index in [0.717, 1.165) is 5.56 Å². The molecule has 7 heteroatoms. The molecule has 0 radical (unpaired) electrons. The number of carbonyl (C=O) groups excluding carboxylic acids is 1. The lowest BCUT2D eigenvalue weighted by atomic mass is 10.0. The van der Waals surface area contributed by atoms with Crippen LogP contribution in [-0.2, 0) is 31.8 Å². The van der Waals surface area contributed by atoms with Gasteiger partial charge in [-0.1, -0.05) is 43.0 Å². The van der Waals surface area contributed by atoms with Crippen LogP contribution in [0.1, 0.15) is 16.7 Å². The fourth-order valence-electron chi connectivity index (χ4n) is 2.29. The Morgan fingerprint density at radius 1 is 1.15 bits per heavy atom. The maximum absolute atomic E-state index is 12.3. The van der Waals surface area contributed by atoms with E-state index in [1.165, 1.54) is 19.2 Å². The normalized spacial score (nSPS) is 10.6. The number of ether oxygens (including phenoxy) is 1. The van der Waals surface area contributed by atoms with E-state index in [1.54, 1.807) is 36.4 Å². The highest BCUT2D eigenvalue weighted by molar-refractivity contribution is 7.86. The maximum atomic E-state index is 12.3. The van der Waals surface area contributed by atoms with Crippen LogP contribution in [-0.4, -0.2) is 21.5 Å². The SMILES string of the molecule is C=C(Cc1cccc(CS(=O)(=O)Oc2ccccc2C#N)c1)C(=O)OC. The van der Waals surface area contributed by atoms with Crippen molar-refractivity contribution in [3.05, 3.63) is 77.4 Å². The molecule has 0 saturated heterocycles. The molecule has 0 saturated carbocycles. The smallest absolute Gasteiger partial charge is 0.333 e. The molecule has 0 aliphatic heterocycles. The van der Waals surface area contributed by atoms with Crippen LogP contribution in [0.5, 0.6) is 5.75 Å². The molecule has 0 unspecified atom stereocenters. The van der Waals surface area contributed by atoms with Crippen molar-refractivity contribution in [2.24, 2.45) is 0 Å². The molecule has 0 aromatic heterocycles. The average Bonchev–Trinajstić information content (AvgIpc) is 2.60. The monoisotopic (exact) mass is 371 g/mol. The summed E-state index contributed by atoms with van der Waals surface area (Å²) in [6.07, 6.45) is 0.249. The van der Waals surface area contributed by atoms with E-state index >= 15 is 0 Å². The van der Waals surface area contributed by atoms with Crippen LogP contribution < -0.4 is 4.18 Å². The number of nitriles is 1. The van der Waals surface area contributed by atoms with Gasteiger partial charge in [0.1, 0.15) is 11.8 Å². The molecular weight excluding hydrogens is 354 g/mol. The summed E-state index contributed by atoms with van der Waals surface area (Å²) < 4.78 is 34.3. The third-order valence-electron chi connectivity index (χ3n) is 3.45. The molecule has 2 rings (SSSR count). The van der Waals surface area contributed by atoms with Gasteiger partial charge in [-0.15, -0.1) is 0 Å². The van der Waals surface area contributed by atoms with E-state index in [0.29, 0.717) is 5.56 Å². The highest BCUT2D eigenvalue weighted by Crippen LogP contribution is 2.21.